The van der Waals surface area contributed by atoms with Crippen molar-refractivity contribution >= 4 is 28.3 Å². The summed E-state index contributed by atoms with van der Waals surface area (Å²) < 4.78 is 6.18. The van der Waals surface area contributed by atoms with E-state index in [9.17, 15) is 14.4 Å². The Hall–Kier alpha value is -3.52. The zero-order chi connectivity index (χ0) is 21.7. The molecule has 156 valence electrons. The molecule has 1 amide bonds. The van der Waals surface area contributed by atoms with Crippen LogP contribution >= 0.6 is 0 Å². The first-order chi connectivity index (χ1) is 14.5. The number of nitrogens with zero attached hydrogens (tertiary/aromatic N) is 2. The van der Waals surface area contributed by atoms with E-state index in [0.717, 1.165) is 22.2 Å². The summed E-state index contributed by atoms with van der Waals surface area (Å²) in [6.45, 7) is 3.02. The van der Waals surface area contributed by atoms with E-state index in [4.69, 9.17) is 9.84 Å². The number of aliphatic hydroxyl groups is 1. The number of anilines is 1. The first-order valence-electron chi connectivity index (χ1n) is 9.62. The molecule has 3 aromatic rings. The molecule has 2 N–H and O–H groups in total. The normalized spacial score (nSPS) is 10.8. The van der Waals surface area contributed by atoms with Gasteiger partial charge in [-0.25, -0.2) is 9.48 Å². The van der Waals surface area contributed by atoms with Gasteiger partial charge in [0.2, 0.25) is 0 Å². The molecule has 0 unspecified atom stereocenters. The van der Waals surface area contributed by atoms with Gasteiger partial charge in [-0.2, -0.15) is 5.10 Å². The maximum atomic E-state index is 12.6. The van der Waals surface area contributed by atoms with Crippen LogP contribution in [-0.4, -0.2) is 40.0 Å². The minimum Gasteiger partial charge on any atom is -0.451 e. The molecule has 8 nitrogen and oxygen atoms in total. The van der Waals surface area contributed by atoms with Crippen molar-refractivity contribution in [3.8, 4) is 0 Å². The van der Waals surface area contributed by atoms with Crippen LogP contribution in [-0.2, 0) is 22.5 Å². The quantitative estimate of drug-likeness (QED) is 0.578. The summed E-state index contributed by atoms with van der Waals surface area (Å²) in [6, 6.07) is 12.2. The topological polar surface area (TPSA) is 111 Å². The number of rotatable bonds is 7. The standard InChI is InChI=1S/C22H23N3O5/c1-3-15-8-6-7-14(2)19(15)23-18(27)13-30-22(29)20-16-9-4-5-10-17(16)21(28)25(24-20)11-12-26/h4-10,26H,3,11-13H2,1-2H3,(H,23,27). The number of aliphatic hydroxyl groups excluding tert-OH is 1. The average molecular weight is 409 g/mol. The molecule has 3 rings (SSSR count). The van der Waals surface area contributed by atoms with E-state index in [2.05, 4.69) is 10.4 Å². The molecule has 0 fully saturated rings. The number of carbonyl (C=O) groups excluding carboxylic acids is 2. The Morgan fingerprint density at radius 3 is 2.57 bits per heavy atom. The van der Waals surface area contributed by atoms with Crippen molar-refractivity contribution < 1.29 is 19.4 Å². The third-order valence-electron chi connectivity index (χ3n) is 4.71. The van der Waals surface area contributed by atoms with Gasteiger partial charge in [-0.05, 0) is 30.5 Å². The van der Waals surface area contributed by atoms with E-state index in [1.54, 1.807) is 24.3 Å². The minimum absolute atomic E-state index is 0.0580. The molecule has 1 aromatic heterocycles. The summed E-state index contributed by atoms with van der Waals surface area (Å²) in [5, 5.41) is 16.6. The predicted octanol–water partition coefficient (Wildman–Crippen LogP) is 2.06. The molecule has 0 radical (unpaired) electrons. The third kappa shape index (κ3) is 4.38. The lowest BCUT2D eigenvalue weighted by molar-refractivity contribution is -0.119. The highest BCUT2D eigenvalue weighted by molar-refractivity contribution is 6.03. The molecule has 2 aromatic carbocycles. The fourth-order valence-electron chi connectivity index (χ4n) is 3.21. The molecule has 0 aliphatic carbocycles. The molecule has 0 atom stereocenters. The van der Waals surface area contributed by atoms with Crippen molar-refractivity contribution in [1.82, 2.24) is 9.78 Å². The van der Waals surface area contributed by atoms with Crippen LogP contribution in [0.5, 0.6) is 0 Å². The van der Waals surface area contributed by atoms with Gasteiger partial charge in [-0.15, -0.1) is 0 Å². The fourth-order valence-corrected chi connectivity index (χ4v) is 3.21. The van der Waals surface area contributed by atoms with Gasteiger partial charge in [0.25, 0.3) is 11.5 Å². The second-order valence-corrected chi connectivity index (χ2v) is 6.73. The van der Waals surface area contributed by atoms with E-state index in [-0.39, 0.29) is 24.2 Å². The Labute approximate surface area is 173 Å². The second-order valence-electron chi connectivity index (χ2n) is 6.73. The molecular formula is C22H23N3O5. The lowest BCUT2D eigenvalue weighted by Gasteiger charge is -2.13. The number of para-hydroxylation sites is 1. The van der Waals surface area contributed by atoms with E-state index in [0.29, 0.717) is 11.1 Å². The van der Waals surface area contributed by atoms with Crippen LogP contribution in [0.1, 0.15) is 28.5 Å². The fraction of sp³-hybridized carbons (Fsp3) is 0.273. The molecule has 8 heteroatoms. The van der Waals surface area contributed by atoms with Crippen molar-refractivity contribution in [2.75, 3.05) is 18.5 Å². The molecular weight excluding hydrogens is 386 g/mol. The zero-order valence-electron chi connectivity index (χ0n) is 16.8. The molecule has 0 spiro atoms. The maximum absolute atomic E-state index is 12.6. The van der Waals surface area contributed by atoms with Gasteiger partial charge in [-0.3, -0.25) is 9.59 Å². The van der Waals surface area contributed by atoms with Crippen LogP contribution in [0.2, 0.25) is 0 Å². The number of esters is 1. The highest BCUT2D eigenvalue weighted by atomic mass is 16.5. The molecule has 1 heterocycles. The van der Waals surface area contributed by atoms with Gasteiger partial charge in [0.1, 0.15) is 0 Å². The van der Waals surface area contributed by atoms with Gasteiger partial charge >= 0.3 is 5.97 Å². The largest absolute Gasteiger partial charge is 0.451 e. The van der Waals surface area contributed by atoms with Gasteiger partial charge in [0.15, 0.2) is 12.3 Å². The van der Waals surface area contributed by atoms with E-state index >= 15 is 0 Å². The average Bonchev–Trinajstić information content (AvgIpc) is 2.75. The summed E-state index contributed by atoms with van der Waals surface area (Å²) in [7, 11) is 0. The Morgan fingerprint density at radius 2 is 1.87 bits per heavy atom. The molecule has 0 saturated carbocycles. The SMILES string of the molecule is CCc1cccc(C)c1NC(=O)COC(=O)c1nn(CCO)c(=O)c2ccccc12. The Kier molecular flexibility index (Phi) is 6.58. The molecule has 30 heavy (non-hydrogen) atoms. The zero-order valence-corrected chi connectivity index (χ0v) is 16.8. The van der Waals surface area contributed by atoms with Gasteiger partial charge < -0.3 is 15.2 Å². The number of hydrogen-bond donors (Lipinski definition) is 2. The Bertz CT molecular complexity index is 1150. The van der Waals surface area contributed by atoms with Crippen LogP contribution in [0, 0.1) is 6.92 Å². The number of aryl methyl sites for hydroxylation is 2. The van der Waals surface area contributed by atoms with Crippen molar-refractivity contribution in [2.24, 2.45) is 0 Å². The predicted molar refractivity (Wildman–Crippen MR) is 113 cm³/mol. The van der Waals surface area contributed by atoms with Gasteiger partial charge in [0.05, 0.1) is 18.5 Å². The lowest BCUT2D eigenvalue weighted by Crippen LogP contribution is -2.28. The maximum Gasteiger partial charge on any atom is 0.359 e. The van der Waals surface area contributed by atoms with E-state index < -0.39 is 24.0 Å². The number of fused-ring (bicyclic) bond motifs is 1. The Morgan fingerprint density at radius 1 is 1.13 bits per heavy atom. The molecule has 0 saturated heterocycles. The van der Waals surface area contributed by atoms with Gasteiger partial charge in [0, 0.05) is 11.1 Å². The van der Waals surface area contributed by atoms with Crippen LogP contribution in [0.3, 0.4) is 0 Å². The Balaban J connectivity index is 1.80. The number of benzene rings is 2. The number of aromatic nitrogens is 2. The van der Waals surface area contributed by atoms with Crippen molar-refractivity contribution in [1.29, 1.82) is 0 Å². The third-order valence-corrected chi connectivity index (χ3v) is 4.71. The molecule has 0 bridgehead atoms. The highest BCUT2D eigenvalue weighted by Gasteiger charge is 2.19. The second kappa shape index (κ2) is 9.32. The van der Waals surface area contributed by atoms with E-state index in [1.807, 2.05) is 32.0 Å². The van der Waals surface area contributed by atoms with Crippen LogP contribution in [0.15, 0.2) is 47.3 Å². The summed E-state index contributed by atoms with van der Waals surface area (Å²) >= 11 is 0. The van der Waals surface area contributed by atoms with Crippen LogP contribution in [0.25, 0.3) is 10.8 Å². The number of amides is 1. The summed E-state index contributed by atoms with van der Waals surface area (Å²) in [5.41, 5.74) is 2.11. The number of hydrogen-bond acceptors (Lipinski definition) is 6. The summed E-state index contributed by atoms with van der Waals surface area (Å²) in [6.07, 6.45) is 0.749. The minimum atomic E-state index is -0.825. The first-order valence-corrected chi connectivity index (χ1v) is 9.62. The van der Waals surface area contributed by atoms with Crippen LogP contribution < -0.4 is 10.9 Å². The van der Waals surface area contributed by atoms with E-state index in [1.165, 1.54) is 0 Å². The van der Waals surface area contributed by atoms with Crippen molar-refractivity contribution in [2.45, 2.75) is 26.8 Å². The number of nitrogens with one attached hydrogen (secondary N) is 1. The number of carbonyl (C=O) groups is 2. The van der Waals surface area contributed by atoms with Crippen LogP contribution in [0.4, 0.5) is 5.69 Å². The highest BCUT2D eigenvalue weighted by Crippen LogP contribution is 2.21. The monoisotopic (exact) mass is 409 g/mol. The number of ether oxygens (including phenoxy) is 1. The van der Waals surface area contributed by atoms with Crippen molar-refractivity contribution in [3.63, 3.8) is 0 Å². The van der Waals surface area contributed by atoms with Crippen molar-refractivity contribution in [3.05, 3.63) is 69.6 Å². The first kappa shape index (κ1) is 21.2. The van der Waals surface area contributed by atoms with Gasteiger partial charge in [-0.1, -0.05) is 43.3 Å². The molecule has 0 aliphatic heterocycles. The molecule has 0 aliphatic rings. The summed E-state index contributed by atoms with van der Waals surface area (Å²) in [5.74, 6) is -1.30. The lowest BCUT2D eigenvalue weighted by atomic mass is 10.1. The summed E-state index contributed by atoms with van der Waals surface area (Å²) in [4.78, 5) is 37.4. The smallest absolute Gasteiger partial charge is 0.359 e.